The molecule has 1 unspecified atom stereocenters. The van der Waals surface area contributed by atoms with Crippen molar-refractivity contribution in [2.24, 2.45) is 0 Å². The maximum atomic E-state index is 12.6. The number of amides is 1. The van der Waals surface area contributed by atoms with Gasteiger partial charge in [0, 0.05) is 49.0 Å². The number of ketones is 1. The summed E-state index contributed by atoms with van der Waals surface area (Å²) in [5.74, 6) is 0.171. The molecule has 0 radical (unpaired) electrons. The maximum Gasteiger partial charge on any atom is 0.242 e. The van der Waals surface area contributed by atoms with Crippen LogP contribution in [-0.4, -0.2) is 42.1 Å². The SMILES string of the molecule is CSc1ccc(C2CC(=O)N(N(C)C)C3=C2C(=O)CCC3)cc1. The van der Waals surface area contributed by atoms with Crippen molar-refractivity contribution in [1.29, 1.82) is 0 Å². The number of carbonyl (C=O) groups excluding carboxylic acids is 2. The third kappa shape index (κ3) is 2.95. The molecule has 0 saturated heterocycles. The average Bonchev–Trinajstić information content (AvgIpc) is 2.54. The molecule has 23 heavy (non-hydrogen) atoms. The topological polar surface area (TPSA) is 40.6 Å². The molecule has 0 bridgehead atoms. The van der Waals surface area contributed by atoms with Gasteiger partial charge in [-0.15, -0.1) is 11.8 Å². The largest absolute Gasteiger partial charge is 0.294 e. The van der Waals surface area contributed by atoms with Crippen LogP contribution in [0.4, 0.5) is 0 Å². The van der Waals surface area contributed by atoms with E-state index >= 15 is 0 Å². The maximum absolute atomic E-state index is 12.6. The zero-order valence-corrected chi connectivity index (χ0v) is 14.7. The first-order valence-electron chi connectivity index (χ1n) is 7.93. The van der Waals surface area contributed by atoms with E-state index in [1.807, 2.05) is 20.4 Å². The Morgan fingerprint density at radius 1 is 1.13 bits per heavy atom. The molecule has 5 heteroatoms. The molecule has 0 fully saturated rings. The molecule has 0 aromatic heterocycles. The molecule has 4 nitrogen and oxygen atoms in total. The number of rotatable bonds is 3. The zero-order chi connectivity index (χ0) is 16.6. The van der Waals surface area contributed by atoms with E-state index in [1.54, 1.807) is 21.8 Å². The Morgan fingerprint density at radius 3 is 2.43 bits per heavy atom. The monoisotopic (exact) mass is 330 g/mol. The highest BCUT2D eigenvalue weighted by atomic mass is 32.2. The summed E-state index contributed by atoms with van der Waals surface area (Å²) in [6.07, 6.45) is 4.62. The van der Waals surface area contributed by atoms with Crippen LogP contribution >= 0.6 is 11.8 Å². The molecule has 1 amide bonds. The first kappa shape index (κ1) is 16.3. The zero-order valence-electron chi connectivity index (χ0n) is 13.8. The van der Waals surface area contributed by atoms with Crippen molar-refractivity contribution in [3.05, 3.63) is 41.1 Å². The summed E-state index contributed by atoms with van der Waals surface area (Å²) in [4.78, 5) is 26.4. The highest BCUT2D eigenvalue weighted by Gasteiger charge is 2.39. The average molecular weight is 330 g/mol. The van der Waals surface area contributed by atoms with Crippen molar-refractivity contribution in [3.8, 4) is 0 Å². The molecule has 0 saturated carbocycles. The minimum Gasteiger partial charge on any atom is -0.294 e. The molecule has 1 atom stereocenters. The molecule has 1 aliphatic heterocycles. The predicted molar refractivity (Wildman–Crippen MR) is 92.0 cm³/mol. The number of hydrogen-bond donors (Lipinski definition) is 0. The van der Waals surface area contributed by atoms with Crippen molar-refractivity contribution in [1.82, 2.24) is 10.0 Å². The molecular formula is C18H22N2O2S. The molecule has 3 rings (SSSR count). The summed E-state index contributed by atoms with van der Waals surface area (Å²) in [5.41, 5.74) is 2.82. The third-order valence-corrected chi connectivity index (χ3v) is 5.31. The Kier molecular flexibility index (Phi) is 4.60. The van der Waals surface area contributed by atoms with Crippen LogP contribution in [0.15, 0.2) is 40.4 Å². The Balaban J connectivity index is 2.07. The highest BCUT2D eigenvalue weighted by Crippen LogP contribution is 2.42. The van der Waals surface area contributed by atoms with E-state index in [0.717, 1.165) is 29.7 Å². The molecule has 1 aliphatic carbocycles. The molecule has 1 aromatic rings. The number of hydrogen-bond acceptors (Lipinski definition) is 4. The molecule has 0 N–H and O–H groups in total. The van der Waals surface area contributed by atoms with Gasteiger partial charge < -0.3 is 0 Å². The smallest absolute Gasteiger partial charge is 0.242 e. The Hall–Kier alpha value is -1.59. The standard InChI is InChI=1S/C18H22N2O2S/c1-19(2)20-15-5-4-6-16(21)18(15)14(11-17(20)22)12-7-9-13(23-3)10-8-12/h7-10,14H,4-6,11H2,1-3H3. The summed E-state index contributed by atoms with van der Waals surface area (Å²) < 4.78 is 0. The summed E-state index contributed by atoms with van der Waals surface area (Å²) >= 11 is 1.69. The van der Waals surface area contributed by atoms with Gasteiger partial charge in [-0.25, -0.2) is 10.0 Å². The fraction of sp³-hybridized carbons (Fsp3) is 0.444. The number of allylic oxidation sites excluding steroid dienone is 2. The minimum atomic E-state index is -0.0996. The Morgan fingerprint density at radius 2 is 1.83 bits per heavy atom. The summed E-state index contributed by atoms with van der Waals surface area (Å²) in [6.45, 7) is 0. The number of benzene rings is 1. The van der Waals surface area contributed by atoms with Gasteiger partial charge in [0.25, 0.3) is 0 Å². The lowest BCUT2D eigenvalue weighted by molar-refractivity contribution is -0.143. The molecule has 1 aromatic carbocycles. The van der Waals surface area contributed by atoms with Gasteiger partial charge in [-0.1, -0.05) is 12.1 Å². The minimum absolute atomic E-state index is 0.0717. The van der Waals surface area contributed by atoms with Gasteiger partial charge in [-0.2, -0.15) is 0 Å². The van der Waals surface area contributed by atoms with E-state index in [4.69, 9.17) is 0 Å². The third-order valence-electron chi connectivity index (χ3n) is 4.57. The number of nitrogens with zero attached hydrogens (tertiary/aromatic N) is 2. The Labute approximate surface area is 141 Å². The van der Waals surface area contributed by atoms with Crippen LogP contribution in [0.1, 0.15) is 37.2 Å². The lowest BCUT2D eigenvalue weighted by Gasteiger charge is -2.41. The van der Waals surface area contributed by atoms with E-state index in [-0.39, 0.29) is 17.6 Å². The first-order valence-corrected chi connectivity index (χ1v) is 9.15. The summed E-state index contributed by atoms with van der Waals surface area (Å²) in [7, 11) is 3.71. The molecule has 0 spiro atoms. The van der Waals surface area contributed by atoms with Gasteiger partial charge in [0.2, 0.25) is 5.91 Å². The molecular weight excluding hydrogens is 308 g/mol. The second-order valence-corrected chi connectivity index (χ2v) is 7.10. The quantitative estimate of drug-likeness (QED) is 0.798. The highest BCUT2D eigenvalue weighted by molar-refractivity contribution is 7.98. The number of carbonyl (C=O) groups is 2. The predicted octanol–water partition coefficient (Wildman–Crippen LogP) is 3.21. The van der Waals surface area contributed by atoms with Gasteiger partial charge in [0.15, 0.2) is 5.78 Å². The second kappa shape index (κ2) is 6.49. The normalized spacial score (nSPS) is 21.9. The summed E-state index contributed by atoms with van der Waals surface area (Å²) in [6, 6.07) is 8.25. The molecule has 2 aliphatic rings. The van der Waals surface area contributed by atoms with E-state index < -0.39 is 0 Å². The van der Waals surface area contributed by atoms with Crippen molar-refractivity contribution >= 4 is 23.5 Å². The number of hydrazine groups is 1. The van der Waals surface area contributed by atoms with Gasteiger partial charge in [0.05, 0.1) is 0 Å². The fourth-order valence-electron chi connectivity index (χ4n) is 3.56. The lowest BCUT2D eigenvalue weighted by Crippen LogP contribution is -2.47. The lowest BCUT2D eigenvalue weighted by atomic mass is 9.78. The van der Waals surface area contributed by atoms with Gasteiger partial charge in [-0.05, 0) is 36.8 Å². The van der Waals surface area contributed by atoms with Crippen LogP contribution in [-0.2, 0) is 9.59 Å². The molecule has 1 heterocycles. The van der Waals surface area contributed by atoms with Crippen LogP contribution in [0.5, 0.6) is 0 Å². The second-order valence-electron chi connectivity index (χ2n) is 6.22. The van der Waals surface area contributed by atoms with Crippen molar-refractivity contribution in [2.75, 3.05) is 20.4 Å². The number of thioether (sulfide) groups is 1. The van der Waals surface area contributed by atoms with Crippen molar-refractivity contribution in [2.45, 2.75) is 36.5 Å². The molecule has 122 valence electrons. The van der Waals surface area contributed by atoms with E-state index in [1.165, 1.54) is 4.90 Å². The van der Waals surface area contributed by atoms with Crippen molar-refractivity contribution in [3.63, 3.8) is 0 Å². The summed E-state index contributed by atoms with van der Waals surface area (Å²) in [5, 5.41) is 3.49. The van der Waals surface area contributed by atoms with Crippen LogP contribution < -0.4 is 0 Å². The van der Waals surface area contributed by atoms with Crippen LogP contribution in [0.25, 0.3) is 0 Å². The van der Waals surface area contributed by atoms with Gasteiger partial charge >= 0.3 is 0 Å². The first-order chi connectivity index (χ1) is 11.0. The van der Waals surface area contributed by atoms with Gasteiger partial charge in [-0.3, -0.25) is 9.59 Å². The van der Waals surface area contributed by atoms with Crippen LogP contribution in [0.3, 0.4) is 0 Å². The Bertz CT molecular complexity index is 664. The van der Waals surface area contributed by atoms with E-state index in [9.17, 15) is 9.59 Å². The fourth-order valence-corrected chi connectivity index (χ4v) is 3.97. The number of Topliss-reactive ketones (excluding diaryl/α,β-unsaturated/α-hetero) is 1. The van der Waals surface area contributed by atoms with Gasteiger partial charge in [0.1, 0.15) is 0 Å². The van der Waals surface area contributed by atoms with E-state index in [2.05, 4.69) is 24.3 Å². The van der Waals surface area contributed by atoms with Crippen LogP contribution in [0.2, 0.25) is 0 Å². The van der Waals surface area contributed by atoms with Crippen molar-refractivity contribution < 1.29 is 9.59 Å². The van der Waals surface area contributed by atoms with E-state index in [0.29, 0.717) is 12.8 Å². The van der Waals surface area contributed by atoms with Crippen LogP contribution in [0, 0.1) is 0 Å².